The largest absolute Gasteiger partial charge is 0.496 e. The normalized spacial score (nSPS) is 12.2. The lowest BCUT2D eigenvalue weighted by Crippen LogP contribution is -2.32. The van der Waals surface area contributed by atoms with Crippen molar-refractivity contribution in [1.29, 1.82) is 0 Å². The molecule has 2 atom stereocenters. The fourth-order valence-electron chi connectivity index (χ4n) is 6.75. The summed E-state index contributed by atoms with van der Waals surface area (Å²) in [6, 6.07) is 28.6. The lowest BCUT2D eigenvalue weighted by atomic mass is 9.86. The average Bonchev–Trinajstić information content (AvgIpc) is 3.23. The molecule has 6 aromatic rings. The number of carbonyl (C=O) groups is 3. The number of benzene rings is 5. The number of nitrogens with zero attached hydrogens (tertiary/aromatic N) is 2. The maximum absolute atomic E-state index is 13.4. The molecule has 0 saturated heterocycles. The highest BCUT2D eigenvalue weighted by Crippen LogP contribution is 2.46. The predicted octanol–water partition coefficient (Wildman–Crippen LogP) is 7.89. The van der Waals surface area contributed by atoms with E-state index in [1.165, 1.54) is 25.4 Å². The SMILES string of the molecule is COc1cc(Nc2cc(Oc3ccc(N(C(N)=O)c4cc(C(C)(C)C)cc(NS(C)=O)c4OC)c4ccccc34)ccn2)ccc1C(=O)NCc1ccc(C[C@H](N)C(=O)O)cc1. The van der Waals surface area contributed by atoms with Gasteiger partial charge in [-0.1, -0.05) is 69.3 Å². The molecular weight excluding hydrogens is 811 g/mol. The van der Waals surface area contributed by atoms with Crippen molar-refractivity contribution in [2.75, 3.05) is 35.4 Å². The Labute approximate surface area is 362 Å². The van der Waals surface area contributed by atoms with Crippen LogP contribution in [0, 0.1) is 0 Å². The number of hydrogen-bond acceptors (Lipinski definition) is 10. The topological polar surface area (TPSA) is 220 Å². The molecule has 0 bridgehead atoms. The van der Waals surface area contributed by atoms with Crippen LogP contribution in [-0.2, 0) is 34.2 Å². The zero-order valence-electron chi connectivity index (χ0n) is 35.1. The van der Waals surface area contributed by atoms with Crippen LogP contribution >= 0.6 is 0 Å². The number of nitrogens with two attached hydrogens (primary N) is 2. The molecule has 3 amide bonds. The third-order valence-electron chi connectivity index (χ3n) is 9.88. The first-order chi connectivity index (χ1) is 29.6. The van der Waals surface area contributed by atoms with E-state index in [2.05, 4.69) is 20.3 Å². The summed E-state index contributed by atoms with van der Waals surface area (Å²) in [6.45, 7) is 6.35. The molecule has 0 saturated carbocycles. The lowest BCUT2D eigenvalue weighted by molar-refractivity contribution is -0.138. The Morgan fingerprint density at radius 3 is 2.21 bits per heavy atom. The van der Waals surface area contributed by atoms with E-state index in [4.69, 9.17) is 30.8 Å². The molecular formula is C46H49N7O8S. The molecule has 0 spiro atoms. The van der Waals surface area contributed by atoms with Gasteiger partial charge in [0.05, 0.1) is 36.8 Å². The van der Waals surface area contributed by atoms with Gasteiger partial charge in [0.25, 0.3) is 5.91 Å². The number of aliphatic carboxylic acids is 1. The highest BCUT2D eigenvalue weighted by Gasteiger charge is 2.28. The first-order valence-corrected chi connectivity index (χ1v) is 21.0. The predicted molar refractivity (Wildman–Crippen MR) is 243 cm³/mol. The van der Waals surface area contributed by atoms with Gasteiger partial charge in [0.2, 0.25) is 0 Å². The monoisotopic (exact) mass is 859 g/mol. The zero-order chi connectivity index (χ0) is 44.7. The van der Waals surface area contributed by atoms with E-state index < -0.39 is 29.0 Å². The van der Waals surface area contributed by atoms with E-state index in [1.54, 1.807) is 60.8 Å². The second kappa shape index (κ2) is 19.0. The summed E-state index contributed by atoms with van der Waals surface area (Å²) in [5, 5.41) is 16.6. The number of carbonyl (C=O) groups excluding carboxylic acids is 2. The highest BCUT2D eigenvalue weighted by atomic mass is 32.2. The van der Waals surface area contributed by atoms with E-state index >= 15 is 0 Å². The quantitative estimate of drug-likeness (QED) is 0.0549. The number of ether oxygens (including phenoxy) is 3. The molecule has 5 aromatic carbocycles. The molecule has 15 nitrogen and oxygen atoms in total. The molecule has 8 N–H and O–H groups in total. The standard InChI is InChI=1S/C46H49N7O8S/c1-46(2,3)29-22-36(52-62(6)58)42(60-5)38(23-29)53(45(48)57)37-17-18-39(33-10-8-7-9-32(33)37)61-31-19-20-49-41(25-31)51-30-15-16-34(40(24-30)59-4)43(54)50-26-28-13-11-27(12-14-28)21-35(47)44(55)56/h7-20,22-25,35,52H,21,26,47H2,1-6H3,(H2,48,57)(H,49,51)(H,50,54)(H,55,56)/t35-,62?/m0/s1. The summed E-state index contributed by atoms with van der Waals surface area (Å²) in [7, 11) is 1.52. The van der Waals surface area contributed by atoms with Gasteiger partial charge in [0, 0.05) is 47.6 Å². The number of primary amides is 1. The average molecular weight is 860 g/mol. The number of anilines is 5. The molecule has 62 heavy (non-hydrogen) atoms. The molecule has 0 fully saturated rings. The van der Waals surface area contributed by atoms with E-state index in [0.29, 0.717) is 67.9 Å². The second-order valence-corrected chi connectivity index (χ2v) is 16.5. The van der Waals surface area contributed by atoms with Crippen LogP contribution in [-0.4, -0.2) is 58.7 Å². The third kappa shape index (κ3) is 10.4. The van der Waals surface area contributed by atoms with Gasteiger partial charge < -0.3 is 46.1 Å². The second-order valence-electron chi connectivity index (χ2n) is 15.4. The number of fused-ring (bicyclic) bond motifs is 1. The van der Waals surface area contributed by atoms with Gasteiger partial charge >= 0.3 is 12.0 Å². The van der Waals surface area contributed by atoms with Crippen molar-refractivity contribution in [3.63, 3.8) is 0 Å². The van der Waals surface area contributed by atoms with E-state index in [1.807, 2.05) is 69.3 Å². The van der Waals surface area contributed by atoms with Crippen molar-refractivity contribution in [2.24, 2.45) is 11.5 Å². The number of urea groups is 1. The Bertz CT molecular complexity index is 2650. The van der Waals surface area contributed by atoms with Crippen molar-refractivity contribution < 1.29 is 37.9 Å². The van der Waals surface area contributed by atoms with Crippen molar-refractivity contribution in [1.82, 2.24) is 10.3 Å². The minimum absolute atomic E-state index is 0.201. The number of aromatic nitrogens is 1. The van der Waals surface area contributed by atoms with Crippen LogP contribution in [0.3, 0.4) is 0 Å². The van der Waals surface area contributed by atoms with Crippen LogP contribution in [0.1, 0.15) is 47.8 Å². The van der Waals surface area contributed by atoms with Gasteiger partial charge in [0.15, 0.2) is 5.75 Å². The van der Waals surface area contributed by atoms with Gasteiger partial charge in [-0.3, -0.25) is 14.5 Å². The summed E-state index contributed by atoms with van der Waals surface area (Å²) in [5.41, 5.74) is 16.1. The Balaban J connectivity index is 1.22. The minimum atomic E-state index is -1.44. The molecule has 1 aromatic heterocycles. The molecule has 0 aliphatic rings. The van der Waals surface area contributed by atoms with Crippen LogP contribution < -0.4 is 45.9 Å². The van der Waals surface area contributed by atoms with Crippen LogP contribution in [0.2, 0.25) is 0 Å². The maximum atomic E-state index is 13.4. The number of hydrogen-bond donors (Lipinski definition) is 6. The van der Waals surface area contributed by atoms with Crippen molar-refractivity contribution in [2.45, 2.75) is 45.2 Å². The summed E-state index contributed by atoms with van der Waals surface area (Å²) >= 11 is 0. The highest BCUT2D eigenvalue weighted by molar-refractivity contribution is 7.85. The summed E-state index contributed by atoms with van der Waals surface area (Å²) in [5.74, 6) is 0.650. The zero-order valence-corrected chi connectivity index (χ0v) is 36.0. The Morgan fingerprint density at radius 1 is 0.855 bits per heavy atom. The van der Waals surface area contributed by atoms with Crippen LogP contribution in [0.5, 0.6) is 23.0 Å². The molecule has 0 radical (unpaired) electrons. The van der Waals surface area contributed by atoms with E-state index in [-0.39, 0.29) is 24.3 Å². The fourth-order valence-corrected chi connectivity index (χ4v) is 7.21. The molecule has 16 heteroatoms. The molecule has 0 aliphatic carbocycles. The summed E-state index contributed by atoms with van der Waals surface area (Å²) in [4.78, 5) is 43.5. The number of nitrogens with one attached hydrogen (secondary N) is 3. The summed E-state index contributed by atoms with van der Waals surface area (Å²) in [6.07, 6.45) is 3.31. The molecule has 1 unspecified atom stereocenters. The van der Waals surface area contributed by atoms with Crippen molar-refractivity contribution >= 4 is 68.2 Å². The fraction of sp³-hybridized carbons (Fsp3) is 0.217. The van der Waals surface area contributed by atoms with Gasteiger partial charge in [-0.05, 0) is 71.0 Å². The van der Waals surface area contributed by atoms with E-state index in [0.717, 1.165) is 16.7 Å². The maximum Gasteiger partial charge on any atom is 0.324 e. The lowest BCUT2D eigenvalue weighted by Gasteiger charge is -2.29. The van der Waals surface area contributed by atoms with Gasteiger partial charge in [-0.2, -0.15) is 0 Å². The van der Waals surface area contributed by atoms with Crippen LogP contribution in [0.25, 0.3) is 10.8 Å². The number of carboxylic acids is 1. The molecule has 322 valence electrons. The third-order valence-corrected chi connectivity index (χ3v) is 10.4. The number of carboxylic acid groups (broad SMARTS) is 1. The number of pyridine rings is 1. The summed E-state index contributed by atoms with van der Waals surface area (Å²) < 4.78 is 33.1. The first kappa shape index (κ1) is 44.4. The van der Waals surface area contributed by atoms with Crippen molar-refractivity contribution in [3.05, 3.63) is 132 Å². The van der Waals surface area contributed by atoms with Gasteiger partial charge in [0.1, 0.15) is 40.1 Å². The minimum Gasteiger partial charge on any atom is -0.496 e. The van der Waals surface area contributed by atoms with Crippen LogP contribution in [0.4, 0.5) is 33.4 Å². The van der Waals surface area contributed by atoms with E-state index in [9.17, 15) is 18.6 Å². The Hall–Kier alpha value is -7.17. The van der Waals surface area contributed by atoms with Gasteiger partial charge in [-0.15, -0.1) is 0 Å². The Morgan fingerprint density at radius 2 is 1.56 bits per heavy atom. The number of methoxy groups -OCH3 is 2. The van der Waals surface area contributed by atoms with Crippen molar-refractivity contribution in [3.8, 4) is 23.0 Å². The first-order valence-electron chi connectivity index (χ1n) is 19.4. The van der Waals surface area contributed by atoms with Gasteiger partial charge in [-0.25, -0.2) is 14.0 Å². The number of amides is 3. The molecule has 6 rings (SSSR count). The van der Waals surface area contributed by atoms with Crippen LogP contribution in [0.15, 0.2) is 109 Å². The Kier molecular flexibility index (Phi) is 13.6. The molecule has 1 heterocycles. The number of rotatable bonds is 16. The smallest absolute Gasteiger partial charge is 0.324 e. The molecule has 0 aliphatic heterocycles.